The van der Waals surface area contributed by atoms with Gasteiger partial charge in [0.05, 0.1) is 37.0 Å². The van der Waals surface area contributed by atoms with Gasteiger partial charge in [0.2, 0.25) is 5.78 Å². The fourth-order valence-electron chi connectivity index (χ4n) is 7.82. The predicted octanol–water partition coefficient (Wildman–Crippen LogP) is 8.93. The Kier molecular flexibility index (Phi) is 22.9. The monoisotopic (exact) mass is 947 g/mol. The molecule has 364 valence electrons. The first kappa shape index (κ1) is 54.9. The van der Waals surface area contributed by atoms with Crippen LogP contribution < -0.4 is 10.4 Å². The molecule has 0 fully saturated rings. The molecule has 0 saturated carbocycles. The second kappa shape index (κ2) is 29.2. The number of benzene rings is 3. The molecule has 15 nitrogen and oxygen atoms in total. The lowest BCUT2D eigenvalue weighted by Crippen LogP contribution is -2.25. The number of nitrogens with zero attached hydrogens (tertiary/aromatic N) is 7. The number of ether oxygens (including phenoxy) is 3. The average Bonchev–Trinajstić information content (AvgIpc) is 3.39. The maximum Gasteiger partial charge on any atom is 0.349 e. The second-order valence-corrected chi connectivity index (χ2v) is 16.7. The van der Waals surface area contributed by atoms with Crippen LogP contribution in [-0.2, 0) is 28.6 Å². The highest BCUT2D eigenvalue weighted by molar-refractivity contribution is 6.27. The van der Waals surface area contributed by atoms with Crippen molar-refractivity contribution in [2.45, 2.75) is 118 Å². The van der Waals surface area contributed by atoms with E-state index in [1.54, 1.807) is 54.6 Å². The van der Waals surface area contributed by atoms with Gasteiger partial charge in [0.1, 0.15) is 48.1 Å². The van der Waals surface area contributed by atoms with Crippen molar-refractivity contribution < 1.29 is 38.2 Å². The SMILES string of the molecule is CCCCC(CC)COC(=O)CC#N.CCCCCCOC(=O)/C(C#N)=c1\c2ccccc2/c(=C(\C#N)C(=O)OCC(CC)CCCC)c2ncncc12.O=C1c2ccccc2C(=O)c2ncncc21. The molecule has 1 aliphatic rings. The minimum Gasteiger partial charge on any atom is -0.465 e. The first-order valence-corrected chi connectivity index (χ1v) is 24.1. The Bertz CT molecular complexity index is 2730. The topological polar surface area (TPSA) is 236 Å². The first-order chi connectivity index (χ1) is 34.0. The minimum atomic E-state index is -0.733. The van der Waals surface area contributed by atoms with Crippen molar-refractivity contribution in [3.05, 3.63) is 106 Å². The summed E-state index contributed by atoms with van der Waals surface area (Å²) in [4.78, 5) is 77.4. The highest BCUT2D eigenvalue weighted by Crippen LogP contribution is 2.25. The van der Waals surface area contributed by atoms with E-state index in [2.05, 4.69) is 54.6 Å². The van der Waals surface area contributed by atoms with Crippen LogP contribution in [0.15, 0.2) is 73.6 Å². The normalized spacial score (nSPS) is 12.9. The molecule has 6 rings (SSSR count). The number of nitriles is 3. The molecule has 1 aliphatic carbocycles. The van der Waals surface area contributed by atoms with Crippen LogP contribution in [0.25, 0.3) is 32.8 Å². The fourth-order valence-corrected chi connectivity index (χ4v) is 7.82. The van der Waals surface area contributed by atoms with Crippen LogP contribution >= 0.6 is 0 Å². The van der Waals surface area contributed by atoms with Crippen molar-refractivity contribution in [3.63, 3.8) is 0 Å². The molecule has 70 heavy (non-hydrogen) atoms. The van der Waals surface area contributed by atoms with Gasteiger partial charge < -0.3 is 14.2 Å². The molecule has 0 N–H and O–H groups in total. The molecule has 2 unspecified atom stereocenters. The van der Waals surface area contributed by atoms with Gasteiger partial charge in [0.25, 0.3) is 0 Å². The van der Waals surface area contributed by atoms with Crippen molar-refractivity contribution in [2.24, 2.45) is 11.8 Å². The van der Waals surface area contributed by atoms with Crippen molar-refractivity contribution in [2.75, 3.05) is 19.8 Å². The van der Waals surface area contributed by atoms with E-state index in [-0.39, 0.29) is 70.3 Å². The molecule has 0 radical (unpaired) electrons. The van der Waals surface area contributed by atoms with Gasteiger partial charge in [-0.1, -0.05) is 141 Å². The van der Waals surface area contributed by atoms with E-state index < -0.39 is 17.9 Å². The Morgan fingerprint density at radius 1 is 0.586 bits per heavy atom. The summed E-state index contributed by atoms with van der Waals surface area (Å²) in [6.45, 7) is 11.4. The molecular weight excluding hydrogens is 887 g/mol. The quantitative estimate of drug-likeness (QED) is 0.0300. The third kappa shape index (κ3) is 14.7. The Labute approximate surface area is 409 Å². The summed E-state index contributed by atoms with van der Waals surface area (Å²) in [6.07, 6.45) is 17.4. The van der Waals surface area contributed by atoms with Gasteiger partial charge in [-0.2, -0.15) is 15.8 Å². The lowest BCUT2D eigenvalue weighted by molar-refractivity contribution is -0.144. The zero-order chi connectivity index (χ0) is 50.8. The largest absolute Gasteiger partial charge is 0.465 e. The third-order valence-corrected chi connectivity index (χ3v) is 11.9. The first-order valence-electron chi connectivity index (χ1n) is 24.1. The van der Waals surface area contributed by atoms with E-state index in [1.807, 2.05) is 12.1 Å². The number of hydrogen-bond donors (Lipinski definition) is 0. The molecule has 0 aliphatic heterocycles. The van der Waals surface area contributed by atoms with Crippen LogP contribution in [0.3, 0.4) is 0 Å². The minimum absolute atomic E-state index is 0.135. The van der Waals surface area contributed by atoms with Gasteiger partial charge in [-0.3, -0.25) is 14.4 Å². The standard InChI is InChI=1S/C32H36N4O4.C12H6N2O2.C11H19NO2/c1-4-7-9-12-16-39-31(37)25(17-33)28-23-14-10-11-15-24(23)29(30-27(28)19-35-21-36-30)26(18-34)32(38)40-20-22(6-3)13-8-5-2;15-11-7-3-1-2-4-8(7)12(16)10-9(11)5-13-6-14-10;1-3-5-6-10(4-2)9-14-11(13)7-8-12/h10-11,14-15,19,21-22H,4-9,12-13,16,20H2,1-3H3;1-6H;10H,3-7,9H2,1-2H3/b28-25+,29-26-;;. The highest BCUT2D eigenvalue weighted by Gasteiger charge is 2.30. The molecule has 0 amide bonds. The molecule has 15 heteroatoms. The maximum atomic E-state index is 13.3. The Morgan fingerprint density at radius 2 is 1.13 bits per heavy atom. The van der Waals surface area contributed by atoms with E-state index >= 15 is 0 Å². The van der Waals surface area contributed by atoms with E-state index in [9.17, 15) is 34.5 Å². The highest BCUT2D eigenvalue weighted by atomic mass is 16.5. The zero-order valence-corrected chi connectivity index (χ0v) is 40.8. The molecule has 0 saturated heterocycles. The smallest absolute Gasteiger partial charge is 0.349 e. The van der Waals surface area contributed by atoms with E-state index in [0.29, 0.717) is 51.4 Å². The second-order valence-electron chi connectivity index (χ2n) is 16.7. The Hall–Kier alpha value is -7.70. The number of unbranched alkanes of at least 4 members (excludes halogenated alkanes) is 5. The summed E-state index contributed by atoms with van der Waals surface area (Å²) in [7, 11) is 0. The number of fused-ring (bicyclic) bond motifs is 4. The van der Waals surface area contributed by atoms with Gasteiger partial charge >= 0.3 is 17.9 Å². The van der Waals surface area contributed by atoms with E-state index in [0.717, 1.165) is 57.8 Å². The average molecular weight is 948 g/mol. The number of carbonyl (C=O) groups is 5. The lowest BCUT2D eigenvalue weighted by Gasteiger charge is -2.14. The van der Waals surface area contributed by atoms with Crippen LogP contribution in [0.1, 0.15) is 150 Å². The molecule has 0 spiro atoms. The summed E-state index contributed by atoms with van der Waals surface area (Å²) in [6, 6.07) is 19.6. The predicted molar refractivity (Wildman–Crippen MR) is 264 cm³/mol. The Morgan fingerprint density at radius 3 is 1.73 bits per heavy atom. The number of aromatic nitrogens is 4. The zero-order valence-electron chi connectivity index (χ0n) is 40.8. The van der Waals surface area contributed by atoms with Crippen LogP contribution in [0, 0.1) is 45.8 Å². The summed E-state index contributed by atoms with van der Waals surface area (Å²) < 4.78 is 16.1. The van der Waals surface area contributed by atoms with Gasteiger partial charge in [-0.25, -0.2) is 29.5 Å². The van der Waals surface area contributed by atoms with E-state index in [4.69, 9.17) is 19.5 Å². The van der Waals surface area contributed by atoms with Crippen LogP contribution in [-0.4, -0.2) is 69.2 Å². The van der Waals surface area contributed by atoms with Gasteiger partial charge in [0.15, 0.2) is 5.78 Å². The molecule has 5 aromatic rings. The molecule has 3 aromatic carbocycles. The van der Waals surface area contributed by atoms with Gasteiger partial charge in [0, 0.05) is 39.3 Å². The molecule has 2 heterocycles. The summed E-state index contributed by atoms with van der Waals surface area (Å²) in [5.41, 5.74) is 1.23. The van der Waals surface area contributed by atoms with Crippen molar-refractivity contribution in [1.82, 2.24) is 19.9 Å². The number of hydrogen-bond acceptors (Lipinski definition) is 15. The molecule has 2 atom stereocenters. The van der Waals surface area contributed by atoms with Crippen LogP contribution in [0.4, 0.5) is 0 Å². The number of carbonyl (C=O) groups excluding carboxylic acids is 5. The summed E-state index contributed by atoms with van der Waals surface area (Å²) >= 11 is 0. The van der Waals surface area contributed by atoms with Crippen molar-refractivity contribution in [3.8, 4) is 18.2 Å². The van der Waals surface area contributed by atoms with E-state index in [1.165, 1.54) is 37.9 Å². The maximum absolute atomic E-state index is 13.3. The molecule has 0 bridgehead atoms. The molecule has 2 aromatic heterocycles. The Balaban J connectivity index is 0.000000287. The third-order valence-electron chi connectivity index (χ3n) is 11.9. The number of esters is 3. The fraction of sp³-hybridized carbons (Fsp3) is 0.418. The van der Waals surface area contributed by atoms with Crippen LogP contribution in [0.5, 0.6) is 0 Å². The van der Waals surface area contributed by atoms with Crippen molar-refractivity contribution in [1.29, 1.82) is 15.8 Å². The number of rotatable bonds is 20. The summed E-state index contributed by atoms with van der Waals surface area (Å²) in [5.74, 6) is -1.60. The summed E-state index contributed by atoms with van der Waals surface area (Å²) in [5, 5.41) is 30.4. The number of ketones is 2. The van der Waals surface area contributed by atoms with Gasteiger partial charge in [-0.15, -0.1) is 0 Å². The molecular formula is C55H61N7O8. The van der Waals surface area contributed by atoms with Crippen LogP contribution in [0.2, 0.25) is 0 Å². The van der Waals surface area contributed by atoms with Gasteiger partial charge in [-0.05, 0) is 41.9 Å². The lowest BCUT2D eigenvalue weighted by atomic mass is 9.88. The van der Waals surface area contributed by atoms with Crippen molar-refractivity contribution >= 4 is 62.3 Å².